The van der Waals surface area contributed by atoms with Crippen molar-refractivity contribution >= 4 is 12.3 Å². The van der Waals surface area contributed by atoms with Gasteiger partial charge in [0.15, 0.2) is 0 Å². The molecule has 2 N–H and O–H groups in total. The lowest BCUT2D eigenvalue weighted by Gasteiger charge is -2.58. The van der Waals surface area contributed by atoms with E-state index in [2.05, 4.69) is 13.0 Å². The highest BCUT2D eigenvalue weighted by Gasteiger charge is 2.84. The molecular formula is C20H28O4. The van der Waals surface area contributed by atoms with Gasteiger partial charge in [0.2, 0.25) is 0 Å². The van der Waals surface area contributed by atoms with Gasteiger partial charge in [0.05, 0.1) is 12.0 Å². The molecule has 4 heteroatoms. The largest absolute Gasteiger partial charge is 0.481 e. The number of carboxylic acid groups (broad SMARTS) is 1. The van der Waals surface area contributed by atoms with Crippen LogP contribution in [0.2, 0.25) is 0 Å². The van der Waals surface area contributed by atoms with Crippen molar-refractivity contribution < 1.29 is 19.8 Å². The van der Waals surface area contributed by atoms with Crippen molar-refractivity contribution in [2.24, 2.45) is 45.8 Å². The fourth-order valence-corrected chi connectivity index (χ4v) is 7.66. The summed E-state index contributed by atoms with van der Waals surface area (Å²) in [6.07, 6.45) is 6.47. The van der Waals surface area contributed by atoms with E-state index in [1.54, 1.807) is 0 Å². The number of carboxylic acids is 1. The second kappa shape index (κ2) is 4.72. The molecule has 0 amide bonds. The van der Waals surface area contributed by atoms with E-state index < -0.39 is 22.2 Å². The minimum atomic E-state index is -1.21. The third-order valence-corrected chi connectivity index (χ3v) is 8.40. The SMILES string of the molecule is CC(C)C1=C[C@@H]2C[C@]3(C=O)[C@@H]4CC[C@@H](C)[C@H]4C[C@@]2(CO)[C@]13C(=O)O. The smallest absolute Gasteiger partial charge is 0.315 e. The number of aliphatic hydroxyl groups is 1. The highest BCUT2D eigenvalue weighted by Crippen LogP contribution is 2.82. The van der Waals surface area contributed by atoms with Gasteiger partial charge in [-0.25, -0.2) is 0 Å². The van der Waals surface area contributed by atoms with E-state index >= 15 is 0 Å². The number of aldehydes is 1. The first-order valence-corrected chi connectivity index (χ1v) is 9.35. The maximum Gasteiger partial charge on any atom is 0.315 e. The van der Waals surface area contributed by atoms with Crippen LogP contribution in [0.15, 0.2) is 11.6 Å². The first-order valence-electron chi connectivity index (χ1n) is 9.35. The fourth-order valence-electron chi connectivity index (χ4n) is 7.66. The van der Waals surface area contributed by atoms with Crippen LogP contribution in [0.3, 0.4) is 0 Å². The molecule has 4 aliphatic carbocycles. The number of aliphatic carboxylic acids is 1. The Morgan fingerprint density at radius 2 is 2.08 bits per heavy atom. The second-order valence-electron chi connectivity index (χ2n) is 9.14. The number of aliphatic hydroxyl groups excluding tert-OH is 1. The Kier molecular flexibility index (Phi) is 3.21. The Morgan fingerprint density at radius 1 is 1.38 bits per heavy atom. The van der Waals surface area contributed by atoms with Crippen LogP contribution in [-0.2, 0) is 9.59 Å². The van der Waals surface area contributed by atoms with Crippen LogP contribution in [0.25, 0.3) is 0 Å². The van der Waals surface area contributed by atoms with Crippen LogP contribution in [-0.4, -0.2) is 29.1 Å². The summed E-state index contributed by atoms with van der Waals surface area (Å²) < 4.78 is 0. The molecule has 0 heterocycles. The van der Waals surface area contributed by atoms with Crippen molar-refractivity contribution in [2.45, 2.75) is 46.5 Å². The molecule has 4 nitrogen and oxygen atoms in total. The van der Waals surface area contributed by atoms with Gasteiger partial charge in [-0.1, -0.05) is 38.8 Å². The molecule has 0 aliphatic heterocycles. The summed E-state index contributed by atoms with van der Waals surface area (Å²) >= 11 is 0. The van der Waals surface area contributed by atoms with Gasteiger partial charge < -0.3 is 15.0 Å². The molecule has 0 aromatic rings. The molecule has 0 aromatic heterocycles. The molecule has 0 saturated heterocycles. The van der Waals surface area contributed by atoms with Gasteiger partial charge in [0, 0.05) is 5.41 Å². The number of hydrogen-bond acceptors (Lipinski definition) is 3. The Morgan fingerprint density at radius 3 is 2.62 bits per heavy atom. The summed E-state index contributed by atoms with van der Waals surface area (Å²) in [6.45, 7) is 6.13. The van der Waals surface area contributed by atoms with Crippen LogP contribution < -0.4 is 0 Å². The lowest BCUT2D eigenvalue weighted by atomic mass is 9.43. The van der Waals surface area contributed by atoms with E-state index in [-0.39, 0.29) is 24.4 Å². The first kappa shape index (κ1) is 16.3. The Labute approximate surface area is 143 Å². The zero-order valence-corrected chi connectivity index (χ0v) is 14.8. The molecule has 3 saturated carbocycles. The summed E-state index contributed by atoms with van der Waals surface area (Å²) in [6, 6.07) is 0. The Hall–Kier alpha value is -1.16. The van der Waals surface area contributed by atoms with Crippen LogP contribution in [0.5, 0.6) is 0 Å². The summed E-state index contributed by atoms with van der Waals surface area (Å²) in [5.74, 6) is 0.215. The molecule has 0 spiro atoms. The lowest BCUT2D eigenvalue weighted by Crippen LogP contribution is -2.63. The monoisotopic (exact) mass is 332 g/mol. The predicted molar refractivity (Wildman–Crippen MR) is 89.1 cm³/mol. The van der Waals surface area contributed by atoms with Gasteiger partial charge in [-0.05, 0) is 48.9 Å². The van der Waals surface area contributed by atoms with Crippen molar-refractivity contribution in [1.29, 1.82) is 0 Å². The third-order valence-electron chi connectivity index (χ3n) is 8.40. The highest BCUT2D eigenvalue weighted by molar-refractivity contribution is 5.90. The van der Waals surface area contributed by atoms with Gasteiger partial charge in [-0.3, -0.25) is 4.79 Å². The van der Waals surface area contributed by atoms with E-state index in [4.69, 9.17) is 0 Å². The lowest BCUT2D eigenvalue weighted by molar-refractivity contribution is -0.184. The van der Waals surface area contributed by atoms with Gasteiger partial charge in [0.25, 0.3) is 0 Å². The molecule has 132 valence electrons. The van der Waals surface area contributed by atoms with Crippen LogP contribution >= 0.6 is 0 Å². The quantitative estimate of drug-likeness (QED) is 0.613. The van der Waals surface area contributed by atoms with Crippen molar-refractivity contribution in [2.75, 3.05) is 6.61 Å². The van der Waals surface area contributed by atoms with Crippen molar-refractivity contribution in [3.05, 3.63) is 11.6 Å². The van der Waals surface area contributed by atoms with Gasteiger partial charge in [-0.2, -0.15) is 0 Å². The summed E-state index contributed by atoms with van der Waals surface area (Å²) in [5, 5.41) is 20.9. The molecule has 0 radical (unpaired) electrons. The molecule has 7 atom stereocenters. The van der Waals surface area contributed by atoms with Gasteiger partial charge in [-0.15, -0.1) is 0 Å². The minimum absolute atomic E-state index is 0.0130. The van der Waals surface area contributed by atoms with Crippen LogP contribution in [0, 0.1) is 45.8 Å². The maximum atomic E-state index is 12.8. The Bertz CT molecular complexity index is 638. The van der Waals surface area contributed by atoms with E-state index in [0.29, 0.717) is 18.3 Å². The normalized spacial score (nSPS) is 51.6. The average Bonchev–Trinajstić information content (AvgIpc) is 3.11. The number of rotatable bonds is 4. The summed E-state index contributed by atoms with van der Waals surface area (Å²) in [7, 11) is 0. The molecule has 24 heavy (non-hydrogen) atoms. The summed E-state index contributed by atoms with van der Waals surface area (Å²) in [4.78, 5) is 25.3. The molecular weight excluding hydrogens is 304 g/mol. The van der Waals surface area contributed by atoms with E-state index in [9.17, 15) is 19.8 Å². The van der Waals surface area contributed by atoms with E-state index in [0.717, 1.165) is 31.1 Å². The molecule has 4 aliphatic rings. The Balaban J connectivity index is 2.03. The minimum Gasteiger partial charge on any atom is -0.481 e. The fraction of sp³-hybridized carbons (Fsp3) is 0.800. The van der Waals surface area contributed by atoms with Crippen LogP contribution in [0.1, 0.15) is 46.5 Å². The number of fused-ring (bicyclic) bond motifs is 2. The zero-order chi connectivity index (χ0) is 17.5. The van der Waals surface area contributed by atoms with Gasteiger partial charge >= 0.3 is 5.97 Å². The van der Waals surface area contributed by atoms with Crippen molar-refractivity contribution in [3.8, 4) is 0 Å². The van der Waals surface area contributed by atoms with E-state index in [1.165, 1.54) is 0 Å². The molecule has 4 rings (SSSR count). The summed E-state index contributed by atoms with van der Waals surface area (Å²) in [5.41, 5.74) is -1.85. The van der Waals surface area contributed by atoms with Crippen molar-refractivity contribution in [1.82, 2.24) is 0 Å². The average molecular weight is 332 g/mol. The van der Waals surface area contributed by atoms with Gasteiger partial charge in [0.1, 0.15) is 11.7 Å². The van der Waals surface area contributed by atoms with E-state index in [1.807, 2.05) is 13.8 Å². The highest BCUT2D eigenvalue weighted by atomic mass is 16.4. The maximum absolute atomic E-state index is 12.8. The third kappa shape index (κ3) is 1.35. The number of allylic oxidation sites excluding steroid dienone is 1. The molecule has 0 aromatic carbocycles. The number of carbonyl (C=O) groups excluding carboxylic acids is 1. The standard InChI is InChI=1S/C20H28O4/c1-11(2)16-6-13-7-19(10-22)15-5-4-12(3)14(15)8-18(13,9-21)20(16,19)17(23)24/h6,10-15,21H,4-5,7-9H2,1-3H3,(H,23,24)/t12-,13-,14-,15-,18+,19+,20-/m1/s1. The number of hydrogen-bond donors (Lipinski definition) is 2. The predicted octanol–water partition coefficient (Wildman–Crippen LogP) is 2.90. The first-order chi connectivity index (χ1) is 11.3. The van der Waals surface area contributed by atoms with Crippen molar-refractivity contribution in [3.63, 3.8) is 0 Å². The topological polar surface area (TPSA) is 74.6 Å². The number of carbonyl (C=O) groups is 2. The van der Waals surface area contributed by atoms with Crippen LogP contribution in [0.4, 0.5) is 0 Å². The molecule has 4 bridgehead atoms. The second-order valence-corrected chi connectivity index (χ2v) is 9.14. The molecule has 0 unspecified atom stereocenters. The zero-order valence-electron chi connectivity index (χ0n) is 14.8. The molecule has 3 fully saturated rings.